The summed E-state index contributed by atoms with van der Waals surface area (Å²) in [6.45, 7) is 1.81. The summed E-state index contributed by atoms with van der Waals surface area (Å²) in [5.74, 6) is -1.30. The first-order valence-electron chi connectivity index (χ1n) is 9.16. The van der Waals surface area contributed by atoms with Gasteiger partial charge in [0.05, 0.1) is 12.1 Å². The van der Waals surface area contributed by atoms with Gasteiger partial charge in [0, 0.05) is 23.2 Å². The molecule has 27 heavy (non-hydrogen) atoms. The lowest BCUT2D eigenvalue weighted by molar-refractivity contribution is 0.0524. The molecule has 0 saturated heterocycles. The van der Waals surface area contributed by atoms with Gasteiger partial charge in [-0.2, -0.15) is 4.99 Å². The van der Waals surface area contributed by atoms with Gasteiger partial charge in [0.2, 0.25) is 11.5 Å². The zero-order valence-electron chi connectivity index (χ0n) is 15.0. The average molecular weight is 370 g/mol. The minimum Gasteiger partial charge on any atom is -0.462 e. The Hall–Kier alpha value is -2.79. The van der Waals surface area contributed by atoms with E-state index in [4.69, 9.17) is 4.74 Å². The first-order chi connectivity index (χ1) is 13.0. The first kappa shape index (κ1) is 17.6. The van der Waals surface area contributed by atoms with Crippen LogP contribution in [0.2, 0.25) is 0 Å². The lowest BCUT2D eigenvalue weighted by Crippen LogP contribution is -2.33. The molecule has 1 aromatic heterocycles. The second-order valence-corrected chi connectivity index (χ2v) is 7.17. The minimum atomic E-state index is -0.899. The molecule has 0 spiro atoms. The maximum absolute atomic E-state index is 14.9. The standard InChI is InChI=1S/C20H19FN2O4/c1-2-27-19(26)14-10-23(12-4-5-12)17-9-15(16(21)8-13(17)18(14)25)20(22-11-24)6-3-7-20/h8-10,12H,2-7H2,1H3. The van der Waals surface area contributed by atoms with Crippen molar-refractivity contribution in [2.75, 3.05) is 6.61 Å². The van der Waals surface area contributed by atoms with Crippen molar-refractivity contribution in [1.82, 2.24) is 4.57 Å². The second kappa shape index (κ2) is 6.43. The molecule has 0 bridgehead atoms. The molecule has 7 heteroatoms. The van der Waals surface area contributed by atoms with Gasteiger partial charge in [0.1, 0.15) is 16.9 Å². The Bertz CT molecular complexity index is 1040. The molecule has 2 fully saturated rings. The molecule has 4 rings (SSSR count). The van der Waals surface area contributed by atoms with Crippen LogP contribution in [0.15, 0.2) is 28.1 Å². The van der Waals surface area contributed by atoms with Gasteiger partial charge in [-0.25, -0.2) is 14.0 Å². The fourth-order valence-corrected chi connectivity index (χ4v) is 3.78. The zero-order chi connectivity index (χ0) is 19.2. The van der Waals surface area contributed by atoms with Crippen LogP contribution in [0.1, 0.15) is 61.0 Å². The van der Waals surface area contributed by atoms with E-state index in [9.17, 15) is 18.8 Å². The number of carbonyl (C=O) groups is 1. The second-order valence-electron chi connectivity index (χ2n) is 7.17. The highest BCUT2D eigenvalue weighted by Crippen LogP contribution is 2.47. The van der Waals surface area contributed by atoms with E-state index in [1.807, 2.05) is 4.57 Å². The summed E-state index contributed by atoms with van der Waals surface area (Å²) in [6.07, 6.45) is 6.90. The summed E-state index contributed by atoms with van der Waals surface area (Å²) in [7, 11) is 0. The van der Waals surface area contributed by atoms with Gasteiger partial charge >= 0.3 is 5.97 Å². The number of hydrogen-bond acceptors (Lipinski definition) is 5. The number of carbonyl (C=O) groups excluding carboxylic acids is 2. The number of halogens is 1. The number of fused-ring (bicyclic) bond motifs is 1. The molecule has 6 nitrogen and oxygen atoms in total. The molecule has 1 aromatic carbocycles. The van der Waals surface area contributed by atoms with Crippen molar-refractivity contribution in [3.63, 3.8) is 0 Å². The molecule has 2 aliphatic carbocycles. The van der Waals surface area contributed by atoms with Crippen LogP contribution in [0, 0.1) is 5.82 Å². The fourth-order valence-electron chi connectivity index (χ4n) is 3.78. The number of nitrogens with zero attached hydrogens (tertiary/aromatic N) is 2. The van der Waals surface area contributed by atoms with Gasteiger partial charge in [-0.15, -0.1) is 0 Å². The summed E-state index contributed by atoms with van der Waals surface area (Å²) in [4.78, 5) is 39.7. The average Bonchev–Trinajstić information content (AvgIpc) is 3.44. The maximum Gasteiger partial charge on any atom is 0.343 e. The normalized spacial score (nSPS) is 17.9. The van der Waals surface area contributed by atoms with E-state index in [0.717, 1.165) is 25.3 Å². The monoisotopic (exact) mass is 370 g/mol. The summed E-state index contributed by atoms with van der Waals surface area (Å²) in [6, 6.07) is 2.93. The molecule has 2 saturated carbocycles. The Morgan fingerprint density at radius 1 is 1.41 bits per heavy atom. The highest BCUT2D eigenvalue weighted by atomic mass is 19.1. The molecule has 0 aliphatic heterocycles. The Morgan fingerprint density at radius 3 is 2.70 bits per heavy atom. The molecule has 0 atom stereocenters. The van der Waals surface area contributed by atoms with Crippen LogP contribution >= 0.6 is 0 Å². The Kier molecular flexibility index (Phi) is 4.19. The Labute approximate surface area is 154 Å². The maximum atomic E-state index is 14.9. The topological polar surface area (TPSA) is 77.7 Å². The number of hydrogen-bond donors (Lipinski definition) is 0. The van der Waals surface area contributed by atoms with Gasteiger partial charge in [0.15, 0.2) is 0 Å². The molecular formula is C20H19FN2O4. The van der Waals surface area contributed by atoms with E-state index in [1.54, 1.807) is 19.1 Å². The third-order valence-corrected chi connectivity index (χ3v) is 5.50. The van der Waals surface area contributed by atoms with Gasteiger partial charge in [-0.1, -0.05) is 0 Å². The number of ether oxygens (including phenoxy) is 1. The highest BCUT2D eigenvalue weighted by molar-refractivity contribution is 5.94. The van der Waals surface area contributed by atoms with Crippen LogP contribution in [0.3, 0.4) is 0 Å². The quantitative estimate of drug-likeness (QED) is 0.459. The summed E-state index contributed by atoms with van der Waals surface area (Å²) in [5, 5.41) is 0.137. The van der Waals surface area contributed by atoms with Crippen LogP contribution in [-0.2, 0) is 15.1 Å². The van der Waals surface area contributed by atoms with Gasteiger partial charge in [0.25, 0.3) is 0 Å². The molecule has 1 heterocycles. The number of benzene rings is 1. The molecule has 140 valence electrons. The van der Waals surface area contributed by atoms with E-state index in [0.29, 0.717) is 23.9 Å². The first-order valence-corrected chi connectivity index (χ1v) is 9.16. The van der Waals surface area contributed by atoms with E-state index >= 15 is 0 Å². The molecule has 2 aromatic rings. The number of rotatable bonds is 5. The zero-order valence-corrected chi connectivity index (χ0v) is 15.0. The Morgan fingerprint density at radius 2 is 2.15 bits per heavy atom. The molecule has 0 N–H and O–H groups in total. The molecule has 0 amide bonds. The number of aliphatic imine (C=N–C) groups is 1. The third kappa shape index (κ3) is 2.79. The fraction of sp³-hybridized carbons (Fsp3) is 0.450. The lowest BCUT2D eigenvalue weighted by atomic mass is 9.72. The van der Waals surface area contributed by atoms with E-state index < -0.39 is 22.8 Å². The van der Waals surface area contributed by atoms with E-state index in [2.05, 4.69) is 4.99 Å². The number of esters is 1. The lowest BCUT2D eigenvalue weighted by Gasteiger charge is -2.37. The number of aromatic nitrogens is 1. The van der Waals surface area contributed by atoms with Crippen molar-refractivity contribution >= 4 is 23.0 Å². The van der Waals surface area contributed by atoms with Gasteiger partial charge < -0.3 is 9.30 Å². The number of pyridine rings is 1. The molecule has 2 aliphatic rings. The van der Waals surface area contributed by atoms with Crippen LogP contribution in [0.5, 0.6) is 0 Å². The Balaban J connectivity index is 1.98. The predicted molar refractivity (Wildman–Crippen MR) is 96.0 cm³/mol. The van der Waals surface area contributed by atoms with Gasteiger partial charge in [-0.05, 0) is 51.2 Å². The minimum absolute atomic E-state index is 0.0901. The molecular weight excluding hydrogens is 351 g/mol. The van der Waals surface area contributed by atoms with Crippen LogP contribution in [0.25, 0.3) is 10.9 Å². The molecule has 0 radical (unpaired) electrons. The van der Waals surface area contributed by atoms with Crippen LogP contribution in [0.4, 0.5) is 4.39 Å². The summed E-state index contributed by atoms with van der Waals surface area (Å²) in [5.41, 5.74) is -0.675. The third-order valence-electron chi connectivity index (χ3n) is 5.50. The van der Waals surface area contributed by atoms with Crippen LogP contribution < -0.4 is 5.43 Å². The van der Waals surface area contributed by atoms with E-state index in [1.165, 1.54) is 6.20 Å². The van der Waals surface area contributed by atoms with Crippen molar-refractivity contribution in [2.45, 2.75) is 50.6 Å². The van der Waals surface area contributed by atoms with Gasteiger partial charge in [-0.3, -0.25) is 4.79 Å². The van der Waals surface area contributed by atoms with Crippen LogP contribution in [-0.4, -0.2) is 23.2 Å². The van der Waals surface area contributed by atoms with Crippen molar-refractivity contribution in [1.29, 1.82) is 0 Å². The van der Waals surface area contributed by atoms with Crippen molar-refractivity contribution in [3.05, 3.63) is 45.5 Å². The smallest absolute Gasteiger partial charge is 0.343 e. The summed E-state index contributed by atoms with van der Waals surface area (Å²) >= 11 is 0. The van der Waals surface area contributed by atoms with Crippen molar-refractivity contribution in [3.8, 4) is 0 Å². The van der Waals surface area contributed by atoms with Crippen molar-refractivity contribution in [2.24, 2.45) is 4.99 Å². The largest absolute Gasteiger partial charge is 0.462 e. The SMILES string of the molecule is CCOC(=O)c1cn(C2CC2)c2cc(C3(N=C=O)CCC3)c(F)cc2c1=O. The van der Waals surface area contributed by atoms with E-state index in [-0.39, 0.29) is 23.6 Å². The van der Waals surface area contributed by atoms with Crippen molar-refractivity contribution < 1.29 is 18.7 Å². The summed E-state index contributed by atoms with van der Waals surface area (Å²) < 4.78 is 21.7. The number of isocyanates is 1. The highest BCUT2D eigenvalue weighted by Gasteiger charge is 2.41. The predicted octanol–water partition coefficient (Wildman–Crippen LogP) is 3.37. The molecule has 0 unspecified atom stereocenters.